The summed E-state index contributed by atoms with van der Waals surface area (Å²) in [5.74, 6) is -0.126. The first-order chi connectivity index (χ1) is 13.6. The van der Waals surface area contributed by atoms with Crippen LogP contribution in [-0.4, -0.2) is 41.2 Å². The third-order valence-electron chi connectivity index (χ3n) is 6.38. The number of benzene rings is 1. The third-order valence-corrected chi connectivity index (χ3v) is 6.38. The fraction of sp³-hybridized carbons (Fsp3) is 0.571. The lowest BCUT2D eigenvalue weighted by Gasteiger charge is -2.29. The molecule has 1 aromatic rings. The number of nitrogens with zero attached hydrogens (tertiary/aromatic N) is 1. The molecule has 1 saturated heterocycles. The van der Waals surface area contributed by atoms with Crippen molar-refractivity contribution in [2.75, 3.05) is 6.54 Å². The first kappa shape index (κ1) is 19.1. The van der Waals surface area contributed by atoms with E-state index in [1.54, 1.807) is 4.90 Å². The van der Waals surface area contributed by atoms with Gasteiger partial charge in [0, 0.05) is 37.7 Å². The van der Waals surface area contributed by atoms with E-state index in [1.807, 2.05) is 18.2 Å². The topological polar surface area (TPSA) is 105 Å². The van der Waals surface area contributed by atoms with Crippen molar-refractivity contribution in [3.63, 3.8) is 0 Å². The average molecular weight is 384 g/mol. The zero-order valence-corrected chi connectivity index (χ0v) is 16.1. The highest BCUT2D eigenvalue weighted by Gasteiger charge is 2.39. The van der Waals surface area contributed by atoms with Crippen LogP contribution in [0.15, 0.2) is 18.2 Å². The van der Waals surface area contributed by atoms with E-state index in [4.69, 9.17) is 5.73 Å². The molecule has 0 bridgehead atoms. The Morgan fingerprint density at radius 2 is 1.96 bits per heavy atom. The number of piperidine rings is 1. The highest BCUT2D eigenvalue weighted by atomic mass is 16.2. The average Bonchev–Trinajstić information content (AvgIpc) is 3.32. The van der Waals surface area contributed by atoms with Crippen molar-refractivity contribution < 1.29 is 14.4 Å². The molecule has 7 nitrogen and oxygen atoms in total. The highest BCUT2D eigenvalue weighted by molar-refractivity contribution is 6.05. The molecule has 3 amide bonds. The second kappa shape index (κ2) is 8.01. The third kappa shape index (κ3) is 3.69. The van der Waals surface area contributed by atoms with Gasteiger partial charge in [0.1, 0.15) is 6.04 Å². The molecule has 0 aromatic heterocycles. The zero-order chi connectivity index (χ0) is 19.7. The van der Waals surface area contributed by atoms with Crippen molar-refractivity contribution in [2.45, 2.75) is 63.7 Å². The van der Waals surface area contributed by atoms with Crippen LogP contribution in [0.2, 0.25) is 0 Å². The minimum Gasteiger partial charge on any atom is -0.329 e. The molecule has 7 heteroatoms. The molecule has 3 aliphatic rings. The maximum Gasteiger partial charge on any atom is 0.255 e. The van der Waals surface area contributed by atoms with Gasteiger partial charge in [-0.25, -0.2) is 0 Å². The van der Waals surface area contributed by atoms with E-state index >= 15 is 0 Å². The molecule has 2 atom stereocenters. The van der Waals surface area contributed by atoms with Gasteiger partial charge in [-0.1, -0.05) is 25.0 Å². The second-order valence-electron chi connectivity index (χ2n) is 8.16. The molecule has 2 unspecified atom stereocenters. The Labute approximate surface area is 165 Å². The number of fused-ring (bicyclic) bond motifs is 1. The Bertz CT molecular complexity index is 788. The van der Waals surface area contributed by atoms with E-state index in [0.29, 0.717) is 43.6 Å². The number of hydrogen-bond donors (Lipinski definition) is 3. The van der Waals surface area contributed by atoms with Crippen LogP contribution in [0.5, 0.6) is 0 Å². The lowest BCUT2D eigenvalue weighted by molar-refractivity contribution is -0.136. The number of nitrogens with one attached hydrogen (secondary N) is 2. The van der Waals surface area contributed by atoms with Crippen LogP contribution in [0.4, 0.5) is 0 Å². The van der Waals surface area contributed by atoms with E-state index < -0.39 is 6.04 Å². The summed E-state index contributed by atoms with van der Waals surface area (Å²) in [4.78, 5) is 38.0. The van der Waals surface area contributed by atoms with Crippen LogP contribution < -0.4 is 16.4 Å². The minimum absolute atomic E-state index is 0.127. The summed E-state index contributed by atoms with van der Waals surface area (Å²) in [6.07, 6.45) is 5.70. The molecular formula is C21H28N4O3. The quantitative estimate of drug-likeness (QED) is 0.636. The van der Waals surface area contributed by atoms with Gasteiger partial charge in [-0.2, -0.15) is 0 Å². The molecule has 150 valence electrons. The lowest BCUT2D eigenvalue weighted by atomic mass is 9.97. The predicted octanol–water partition coefficient (Wildman–Crippen LogP) is 1.05. The standard InChI is InChI=1S/C21H28N4O3/c22-10-17(14-3-1-2-4-14)23-11-13-5-6-15-12-25(21(28)16(15)9-13)18-7-8-19(26)24-20(18)27/h5-6,9,14,17-18,23H,1-4,7-8,10-12,22H2,(H,24,26,27). The van der Waals surface area contributed by atoms with Crippen LogP contribution in [0.25, 0.3) is 0 Å². The van der Waals surface area contributed by atoms with Crippen LogP contribution in [0, 0.1) is 5.92 Å². The van der Waals surface area contributed by atoms with Gasteiger partial charge >= 0.3 is 0 Å². The Balaban J connectivity index is 1.42. The van der Waals surface area contributed by atoms with Gasteiger partial charge in [0.2, 0.25) is 11.8 Å². The van der Waals surface area contributed by atoms with Crippen molar-refractivity contribution in [2.24, 2.45) is 11.7 Å². The van der Waals surface area contributed by atoms with Crippen LogP contribution in [-0.2, 0) is 22.7 Å². The molecule has 4 N–H and O–H groups in total. The molecule has 4 rings (SSSR count). The van der Waals surface area contributed by atoms with Gasteiger partial charge in [0.25, 0.3) is 5.91 Å². The van der Waals surface area contributed by atoms with E-state index in [9.17, 15) is 14.4 Å². The molecule has 0 radical (unpaired) electrons. The van der Waals surface area contributed by atoms with Crippen LogP contribution >= 0.6 is 0 Å². The Morgan fingerprint density at radius 3 is 2.68 bits per heavy atom. The van der Waals surface area contributed by atoms with Crippen molar-refractivity contribution in [3.05, 3.63) is 34.9 Å². The normalized spacial score (nSPS) is 23.8. The predicted molar refractivity (Wildman–Crippen MR) is 104 cm³/mol. The fourth-order valence-electron chi connectivity index (χ4n) is 4.76. The fourth-order valence-corrected chi connectivity index (χ4v) is 4.76. The van der Waals surface area contributed by atoms with Crippen molar-refractivity contribution in [1.29, 1.82) is 0 Å². The van der Waals surface area contributed by atoms with Crippen molar-refractivity contribution >= 4 is 17.7 Å². The number of hydrogen-bond acceptors (Lipinski definition) is 5. The van der Waals surface area contributed by atoms with E-state index in [1.165, 1.54) is 25.7 Å². The van der Waals surface area contributed by atoms with Gasteiger partial charge in [0.15, 0.2) is 0 Å². The first-order valence-electron chi connectivity index (χ1n) is 10.3. The summed E-state index contributed by atoms with van der Waals surface area (Å²) in [5.41, 5.74) is 8.61. The number of rotatable bonds is 6. The maximum atomic E-state index is 12.9. The smallest absolute Gasteiger partial charge is 0.255 e. The van der Waals surface area contributed by atoms with Crippen molar-refractivity contribution in [3.8, 4) is 0 Å². The minimum atomic E-state index is -0.567. The summed E-state index contributed by atoms with van der Waals surface area (Å²) in [5, 5.41) is 5.91. The zero-order valence-electron chi connectivity index (χ0n) is 16.1. The Morgan fingerprint density at radius 1 is 1.18 bits per heavy atom. The van der Waals surface area contributed by atoms with Crippen LogP contribution in [0.1, 0.15) is 60.0 Å². The summed E-state index contributed by atoms with van der Waals surface area (Å²) in [7, 11) is 0. The van der Waals surface area contributed by atoms with Crippen LogP contribution in [0.3, 0.4) is 0 Å². The maximum absolute atomic E-state index is 12.9. The summed E-state index contributed by atoms with van der Waals surface area (Å²) >= 11 is 0. The van der Waals surface area contributed by atoms with E-state index in [2.05, 4.69) is 10.6 Å². The summed E-state index contributed by atoms with van der Waals surface area (Å²) < 4.78 is 0. The van der Waals surface area contributed by atoms with Gasteiger partial charge < -0.3 is 16.0 Å². The SMILES string of the molecule is NCC(NCc1ccc2c(c1)C(=O)N(C1CCC(=O)NC1=O)C2)C1CCCC1. The second-order valence-corrected chi connectivity index (χ2v) is 8.16. The molecule has 2 aliphatic heterocycles. The first-order valence-corrected chi connectivity index (χ1v) is 10.3. The summed E-state index contributed by atoms with van der Waals surface area (Å²) in [6, 6.07) is 5.69. The monoisotopic (exact) mass is 384 g/mol. The van der Waals surface area contributed by atoms with Gasteiger partial charge in [0.05, 0.1) is 0 Å². The van der Waals surface area contributed by atoms with Gasteiger partial charge in [-0.3, -0.25) is 19.7 Å². The Kier molecular flexibility index (Phi) is 5.46. The number of imide groups is 1. The molecular weight excluding hydrogens is 356 g/mol. The van der Waals surface area contributed by atoms with Crippen molar-refractivity contribution in [1.82, 2.24) is 15.5 Å². The molecule has 0 spiro atoms. The molecule has 1 aromatic carbocycles. The molecule has 28 heavy (non-hydrogen) atoms. The van der Waals surface area contributed by atoms with Gasteiger partial charge in [-0.15, -0.1) is 0 Å². The van der Waals surface area contributed by atoms with E-state index in [-0.39, 0.29) is 24.1 Å². The summed E-state index contributed by atoms with van der Waals surface area (Å²) in [6.45, 7) is 1.72. The highest BCUT2D eigenvalue weighted by Crippen LogP contribution is 2.29. The van der Waals surface area contributed by atoms with Gasteiger partial charge in [-0.05, 0) is 42.4 Å². The number of amides is 3. The number of carbonyl (C=O) groups excluding carboxylic acids is 3. The number of nitrogens with two attached hydrogens (primary N) is 1. The molecule has 2 fully saturated rings. The van der Waals surface area contributed by atoms with E-state index in [0.717, 1.165) is 11.1 Å². The number of carbonyl (C=O) groups is 3. The lowest BCUT2D eigenvalue weighted by Crippen LogP contribution is -2.52. The Hall–Kier alpha value is -2.25. The largest absolute Gasteiger partial charge is 0.329 e. The molecule has 1 saturated carbocycles. The molecule has 2 heterocycles. The molecule has 1 aliphatic carbocycles.